The van der Waals surface area contributed by atoms with E-state index >= 15 is 0 Å². The SMILES string of the molecule is COc1ccc(C(C)NC(=O)c2cccc(N3CCCC3=O)c2)c(OC)c1. The normalized spacial score (nSPS) is 14.8. The van der Waals surface area contributed by atoms with Crippen LogP contribution in [0.1, 0.15) is 41.7 Å². The second kappa shape index (κ2) is 8.12. The molecule has 1 N–H and O–H groups in total. The maximum absolute atomic E-state index is 12.7. The first-order valence-electron chi connectivity index (χ1n) is 8.96. The molecule has 1 atom stereocenters. The molecule has 3 rings (SSSR count). The van der Waals surface area contributed by atoms with Gasteiger partial charge in [0.05, 0.1) is 20.3 Å². The molecule has 0 bridgehead atoms. The van der Waals surface area contributed by atoms with Gasteiger partial charge in [-0.3, -0.25) is 9.59 Å². The zero-order chi connectivity index (χ0) is 19.4. The predicted octanol–water partition coefficient (Wildman–Crippen LogP) is 3.32. The summed E-state index contributed by atoms with van der Waals surface area (Å²) in [4.78, 5) is 26.4. The Hall–Kier alpha value is -3.02. The van der Waals surface area contributed by atoms with Crippen LogP contribution in [0.3, 0.4) is 0 Å². The first-order valence-corrected chi connectivity index (χ1v) is 8.96. The maximum atomic E-state index is 12.7. The second-order valence-corrected chi connectivity index (χ2v) is 6.50. The summed E-state index contributed by atoms with van der Waals surface area (Å²) in [6.45, 7) is 2.60. The second-order valence-electron chi connectivity index (χ2n) is 6.50. The van der Waals surface area contributed by atoms with E-state index in [0.717, 1.165) is 17.7 Å². The number of benzene rings is 2. The molecule has 1 aliphatic heterocycles. The van der Waals surface area contributed by atoms with Crippen molar-refractivity contribution >= 4 is 17.5 Å². The molecule has 6 nitrogen and oxygen atoms in total. The Labute approximate surface area is 159 Å². The summed E-state index contributed by atoms with van der Waals surface area (Å²) in [6, 6.07) is 12.4. The van der Waals surface area contributed by atoms with Crippen molar-refractivity contribution in [2.45, 2.75) is 25.8 Å². The Bertz CT molecular complexity index is 850. The van der Waals surface area contributed by atoms with Crippen molar-refractivity contribution in [2.24, 2.45) is 0 Å². The first-order chi connectivity index (χ1) is 13.0. The molecule has 142 valence electrons. The average Bonchev–Trinajstić information content (AvgIpc) is 3.13. The Morgan fingerprint density at radius 2 is 1.96 bits per heavy atom. The molecule has 27 heavy (non-hydrogen) atoms. The van der Waals surface area contributed by atoms with Gasteiger partial charge in [-0.2, -0.15) is 0 Å². The minimum absolute atomic E-state index is 0.101. The van der Waals surface area contributed by atoms with Gasteiger partial charge in [-0.15, -0.1) is 0 Å². The van der Waals surface area contributed by atoms with Gasteiger partial charge in [0.1, 0.15) is 11.5 Å². The molecule has 1 unspecified atom stereocenters. The summed E-state index contributed by atoms with van der Waals surface area (Å²) in [5.41, 5.74) is 2.14. The van der Waals surface area contributed by atoms with Crippen molar-refractivity contribution in [3.8, 4) is 11.5 Å². The number of carbonyl (C=O) groups excluding carboxylic acids is 2. The molecule has 0 aliphatic carbocycles. The van der Waals surface area contributed by atoms with Crippen LogP contribution in [0.2, 0.25) is 0 Å². The third-order valence-electron chi connectivity index (χ3n) is 4.75. The summed E-state index contributed by atoms with van der Waals surface area (Å²) in [5, 5.41) is 2.99. The van der Waals surface area contributed by atoms with E-state index in [1.807, 2.05) is 25.1 Å². The van der Waals surface area contributed by atoms with Crippen molar-refractivity contribution in [3.05, 3.63) is 53.6 Å². The van der Waals surface area contributed by atoms with E-state index in [1.165, 1.54) is 0 Å². The summed E-state index contributed by atoms with van der Waals surface area (Å²) in [7, 11) is 3.18. The van der Waals surface area contributed by atoms with Crippen LogP contribution < -0.4 is 19.7 Å². The molecule has 2 amide bonds. The van der Waals surface area contributed by atoms with Gasteiger partial charge in [-0.05, 0) is 43.7 Å². The van der Waals surface area contributed by atoms with E-state index in [1.54, 1.807) is 43.4 Å². The highest BCUT2D eigenvalue weighted by Crippen LogP contribution is 2.29. The van der Waals surface area contributed by atoms with Gasteiger partial charge in [0.15, 0.2) is 0 Å². The lowest BCUT2D eigenvalue weighted by atomic mass is 10.1. The molecule has 0 saturated carbocycles. The van der Waals surface area contributed by atoms with Crippen molar-refractivity contribution in [1.29, 1.82) is 0 Å². The van der Waals surface area contributed by atoms with Crippen molar-refractivity contribution in [2.75, 3.05) is 25.7 Å². The Balaban J connectivity index is 1.76. The number of anilines is 1. The first kappa shape index (κ1) is 18.8. The Kier molecular flexibility index (Phi) is 5.64. The van der Waals surface area contributed by atoms with Gasteiger partial charge in [0, 0.05) is 35.8 Å². The predicted molar refractivity (Wildman–Crippen MR) is 103 cm³/mol. The molecule has 2 aromatic carbocycles. The topological polar surface area (TPSA) is 67.9 Å². The number of nitrogens with one attached hydrogen (secondary N) is 1. The van der Waals surface area contributed by atoms with Crippen molar-refractivity contribution in [1.82, 2.24) is 5.32 Å². The van der Waals surface area contributed by atoms with Crippen molar-refractivity contribution < 1.29 is 19.1 Å². The molecule has 0 aromatic heterocycles. The zero-order valence-corrected chi connectivity index (χ0v) is 15.8. The summed E-state index contributed by atoms with van der Waals surface area (Å²) >= 11 is 0. The van der Waals surface area contributed by atoms with Crippen LogP contribution in [0.15, 0.2) is 42.5 Å². The van der Waals surface area contributed by atoms with Gasteiger partial charge in [-0.25, -0.2) is 0 Å². The highest BCUT2D eigenvalue weighted by molar-refractivity contribution is 5.99. The standard InChI is InChI=1S/C21H24N2O4/c1-14(18-10-9-17(26-2)13-19(18)27-3)22-21(25)15-6-4-7-16(12-15)23-11-5-8-20(23)24/h4,6-7,9-10,12-14H,5,8,11H2,1-3H3,(H,22,25). The van der Waals surface area contributed by atoms with Crippen LogP contribution in [0, 0.1) is 0 Å². The smallest absolute Gasteiger partial charge is 0.251 e. The molecular formula is C21H24N2O4. The highest BCUT2D eigenvalue weighted by Gasteiger charge is 2.23. The summed E-state index contributed by atoms with van der Waals surface area (Å²) in [6.07, 6.45) is 1.41. The summed E-state index contributed by atoms with van der Waals surface area (Å²) in [5.74, 6) is 1.24. The van der Waals surface area contributed by atoms with Gasteiger partial charge >= 0.3 is 0 Å². The van der Waals surface area contributed by atoms with E-state index < -0.39 is 0 Å². The third-order valence-corrected chi connectivity index (χ3v) is 4.75. The lowest BCUT2D eigenvalue weighted by molar-refractivity contribution is -0.117. The molecule has 1 aliphatic rings. The summed E-state index contributed by atoms with van der Waals surface area (Å²) < 4.78 is 10.6. The molecule has 0 radical (unpaired) electrons. The third kappa shape index (κ3) is 4.05. The number of hydrogen-bond acceptors (Lipinski definition) is 4. The maximum Gasteiger partial charge on any atom is 0.251 e. The molecule has 1 fully saturated rings. The van der Waals surface area contributed by atoms with Gasteiger partial charge in [0.25, 0.3) is 5.91 Å². The number of amides is 2. The van der Waals surface area contributed by atoms with Crippen LogP contribution in [0.5, 0.6) is 11.5 Å². The highest BCUT2D eigenvalue weighted by atomic mass is 16.5. The number of hydrogen-bond donors (Lipinski definition) is 1. The molecule has 1 heterocycles. The minimum atomic E-state index is -0.254. The largest absolute Gasteiger partial charge is 0.497 e. The zero-order valence-electron chi connectivity index (χ0n) is 15.8. The number of nitrogens with zero attached hydrogens (tertiary/aromatic N) is 1. The van der Waals surface area contributed by atoms with Crippen LogP contribution in [0.25, 0.3) is 0 Å². The fourth-order valence-electron chi connectivity index (χ4n) is 3.27. The van der Waals surface area contributed by atoms with E-state index in [4.69, 9.17) is 9.47 Å². The Morgan fingerprint density at radius 1 is 1.15 bits per heavy atom. The van der Waals surface area contributed by atoms with Gasteiger partial charge in [0.2, 0.25) is 5.91 Å². The molecule has 2 aromatic rings. The minimum Gasteiger partial charge on any atom is -0.497 e. The molecule has 0 spiro atoms. The average molecular weight is 368 g/mol. The van der Waals surface area contributed by atoms with Crippen molar-refractivity contribution in [3.63, 3.8) is 0 Å². The van der Waals surface area contributed by atoms with Crippen LogP contribution in [0.4, 0.5) is 5.69 Å². The van der Waals surface area contributed by atoms with E-state index in [2.05, 4.69) is 5.32 Å². The number of methoxy groups -OCH3 is 2. The van der Waals surface area contributed by atoms with E-state index in [9.17, 15) is 9.59 Å². The van der Waals surface area contributed by atoms with Crippen LogP contribution in [-0.2, 0) is 4.79 Å². The lowest BCUT2D eigenvalue weighted by Gasteiger charge is -2.19. The fourth-order valence-corrected chi connectivity index (χ4v) is 3.27. The van der Waals surface area contributed by atoms with E-state index in [0.29, 0.717) is 30.0 Å². The molecular weight excluding hydrogens is 344 g/mol. The van der Waals surface area contributed by atoms with Crippen LogP contribution >= 0.6 is 0 Å². The van der Waals surface area contributed by atoms with Gasteiger partial charge in [-0.1, -0.05) is 6.07 Å². The molecule has 1 saturated heterocycles. The number of ether oxygens (including phenoxy) is 2. The monoisotopic (exact) mass is 368 g/mol. The Morgan fingerprint density at radius 3 is 2.63 bits per heavy atom. The fraction of sp³-hybridized carbons (Fsp3) is 0.333. The number of rotatable bonds is 6. The number of carbonyl (C=O) groups is 2. The van der Waals surface area contributed by atoms with Crippen LogP contribution in [-0.4, -0.2) is 32.6 Å². The quantitative estimate of drug-likeness (QED) is 0.849. The molecule has 6 heteroatoms. The van der Waals surface area contributed by atoms with E-state index in [-0.39, 0.29) is 17.9 Å². The van der Waals surface area contributed by atoms with Gasteiger partial charge < -0.3 is 19.7 Å². The lowest BCUT2D eigenvalue weighted by Crippen LogP contribution is -2.28.